The molecule has 5 nitrogen and oxygen atoms in total. The molecule has 0 aromatic rings. The van der Waals surface area contributed by atoms with Gasteiger partial charge in [0.2, 0.25) is 5.91 Å². The first-order valence-corrected chi connectivity index (χ1v) is 5.96. The van der Waals surface area contributed by atoms with E-state index in [1.807, 2.05) is 0 Å². The average molecular weight is 229 g/mol. The van der Waals surface area contributed by atoms with Gasteiger partial charge in [0.15, 0.2) is 0 Å². The molecule has 1 amide bonds. The highest BCUT2D eigenvalue weighted by molar-refractivity contribution is 5.74. The van der Waals surface area contributed by atoms with Crippen LogP contribution in [0.3, 0.4) is 0 Å². The number of amides is 1. The van der Waals surface area contributed by atoms with Crippen LogP contribution in [0.2, 0.25) is 0 Å². The van der Waals surface area contributed by atoms with E-state index >= 15 is 0 Å². The fourth-order valence-electron chi connectivity index (χ4n) is 1.95. The highest BCUT2D eigenvalue weighted by atomic mass is 16.5. The number of primary amides is 1. The number of nitrogens with two attached hydrogens (primary N) is 1. The zero-order valence-corrected chi connectivity index (χ0v) is 10.1. The number of nitrogens with one attached hydrogen (secondary N) is 1. The molecule has 0 spiro atoms. The van der Waals surface area contributed by atoms with Crippen molar-refractivity contribution in [1.29, 1.82) is 0 Å². The first-order chi connectivity index (χ1) is 7.68. The summed E-state index contributed by atoms with van der Waals surface area (Å²) < 4.78 is 5.09. The minimum absolute atomic E-state index is 0.0229. The van der Waals surface area contributed by atoms with Gasteiger partial charge >= 0.3 is 0 Å². The van der Waals surface area contributed by atoms with E-state index in [4.69, 9.17) is 10.5 Å². The van der Waals surface area contributed by atoms with Crippen LogP contribution in [0, 0.1) is 0 Å². The van der Waals surface area contributed by atoms with E-state index in [1.54, 1.807) is 0 Å². The first kappa shape index (κ1) is 13.4. The van der Waals surface area contributed by atoms with Gasteiger partial charge in [0.1, 0.15) is 6.61 Å². The van der Waals surface area contributed by atoms with Crippen LogP contribution in [0.15, 0.2) is 0 Å². The Balaban J connectivity index is 2.01. The molecule has 1 unspecified atom stereocenters. The van der Waals surface area contributed by atoms with Crippen LogP contribution in [0.4, 0.5) is 0 Å². The molecular formula is C11H23N3O2. The van der Waals surface area contributed by atoms with Crippen molar-refractivity contribution in [2.75, 3.05) is 39.9 Å². The molecule has 1 saturated heterocycles. The van der Waals surface area contributed by atoms with Crippen LogP contribution >= 0.6 is 0 Å². The Morgan fingerprint density at radius 3 is 3.06 bits per heavy atom. The van der Waals surface area contributed by atoms with E-state index in [2.05, 4.69) is 17.3 Å². The van der Waals surface area contributed by atoms with Gasteiger partial charge in [-0.15, -0.1) is 0 Å². The number of hydrogen-bond donors (Lipinski definition) is 2. The monoisotopic (exact) mass is 229 g/mol. The normalized spacial score (nSPS) is 22.9. The SMILES string of the molecule is CN1CCCC(NCCOCC(N)=O)CC1. The molecule has 1 atom stereocenters. The summed E-state index contributed by atoms with van der Waals surface area (Å²) in [7, 11) is 2.17. The molecule has 0 bridgehead atoms. The molecular weight excluding hydrogens is 206 g/mol. The Labute approximate surface area is 97.3 Å². The second-order valence-electron chi connectivity index (χ2n) is 4.40. The molecule has 1 aliphatic heterocycles. The number of nitrogens with zero attached hydrogens (tertiary/aromatic N) is 1. The van der Waals surface area contributed by atoms with E-state index in [-0.39, 0.29) is 6.61 Å². The fourth-order valence-corrected chi connectivity index (χ4v) is 1.95. The van der Waals surface area contributed by atoms with Gasteiger partial charge in [0.25, 0.3) is 0 Å². The second-order valence-corrected chi connectivity index (χ2v) is 4.40. The van der Waals surface area contributed by atoms with Gasteiger partial charge in [0, 0.05) is 12.6 Å². The summed E-state index contributed by atoms with van der Waals surface area (Å²) in [5, 5.41) is 3.45. The summed E-state index contributed by atoms with van der Waals surface area (Å²) in [6, 6.07) is 0.585. The Bertz CT molecular complexity index is 211. The van der Waals surface area contributed by atoms with Crippen molar-refractivity contribution in [2.24, 2.45) is 5.73 Å². The number of carbonyl (C=O) groups is 1. The summed E-state index contributed by atoms with van der Waals surface area (Å²) in [6.07, 6.45) is 3.66. The Morgan fingerprint density at radius 2 is 2.31 bits per heavy atom. The maximum absolute atomic E-state index is 10.4. The molecule has 0 saturated carbocycles. The number of ether oxygens (including phenoxy) is 1. The number of hydrogen-bond acceptors (Lipinski definition) is 4. The van der Waals surface area contributed by atoms with E-state index in [0.717, 1.165) is 13.1 Å². The van der Waals surface area contributed by atoms with Gasteiger partial charge in [-0.05, 0) is 39.4 Å². The fraction of sp³-hybridized carbons (Fsp3) is 0.909. The van der Waals surface area contributed by atoms with Crippen LogP contribution in [-0.4, -0.2) is 56.7 Å². The van der Waals surface area contributed by atoms with Gasteiger partial charge in [-0.25, -0.2) is 0 Å². The van der Waals surface area contributed by atoms with Gasteiger partial charge in [-0.1, -0.05) is 0 Å². The van der Waals surface area contributed by atoms with E-state index in [0.29, 0.717) is 12.6 Å². The largest absolute Gasteiger partial charge is 0.370 e. The minimum atomic E-state index is -0.406. The Hall–Kier alpha value is -0.650. The van der Waals surface area contributed by atoms with Crippen molar-refractivity contribution in [2.45, 2.75) is 25.3 Å². The molecule has 16 heavy (non-hydrogen) atoms. The molecule has 0 aliphatic carbocycles. The molecule has 0 aromatic heterocycles. The molecule has 1 heterocycles. The van der Waals surface area contributed by atoms with Gasteiger partial charge in [0.05, 0.1) is 6.61 Å². The average Bonchev–Trinajstić information content (AvgIpc) is 2.43. The summed E-state index contributed by atoms with van der Waals surface area (Å²) in [6.45, 7) is 3.71. The van der Waals surface area contributed by atoms with Gasteiger partial charge in [-0.3, -0.25) is 4.79 Å². The second kappa shape index (κ2) is 7.60. The standard InChI is InChI=1S/C11H23N3O2/c1-14-6-2-3-10(4-7-14)13-5-8-16-9-11(12)15/h10,13H,2-9H2,1H3,(H2,12,15). The zero-order chi connectivity index (χ0) is 11.8. The van der Waals surface area contributed by atoms with E-state index < -0.39 is 5.91 Å². The van der Waals surface area contributed by atoms with Gasteiger partial charge < -0.3 is 20.7 Å². The summed E-state index contributed by atoms with van der Waals surface area (Å²) in [4.78, 5) is 12.8. The minimum Gasteiger partial charge on any atom is -0.370 e. The Kier molecular flexibility index (Phi) is 6.37. The van der Waals surface area contributed by atoms with Crippen molar-refractivity contribution in [3.8, 4) is 0 Å². The van der Waals surface area contributed by atoms with Crippen LogP contribution in [0.5, 0.6) is 0 Å². The molecule has 3 N–H and O–H groups in total. The van der Waals surface area contributed by atoms with Crippen LogP contribution in [-0.2, 0) is 9.53 Å². The maximum Gasteiger partial charge on any atom is 0.243 e. The number of likely N-dealkylation sites (tertiary alicyclic amines) is 1. The van der Waals surface area contributed by atoms with Crippen molar-refractivity contribution in [3.05, 3.63) is 0 Å². The number of rotatable bonds is 6. The zero-order valence-electron chi connectivity index (χ0n) is 10.1. The predicted octanol–water partition coefficient (Wildman–Crippen LogP) is -0.438. The highest BCUT2D eigenvalue weighted by Gasteiger charge is 2.13. The third kappa shape index (κ3) is 6.05. The highest BCUT2D eigenvalue weighted by Crippen LogP contribution is 2.08. The molecule has 0 aromatic carbocycles. The molecule has 94 valence electrons. The molecule has 5 heteroatoms. The van der Waals surface area contributed by atoms with E-state index in [1.165, 1.54) is 25.8 Å². The van der Waals surface area contributed by atoms with Crippen LogP contribution < -0.4 is 11.1 Å². The summed E-state index contributed by atoms with van der Waals surface area (Å²) in [5.41, 5.74) is 4.96. The lowest BCUT2D eigenvalue weighted by atomic mass is 10.1. The summed E-state index contributed by atoms with van der Waals surface area (Å²) in [5.74, 6) is -0.406. The number of carbonyl (C=O) groups excluding carboxylic acids is 1. The third-order valence-corrected chi connectivity index (χ3v) is 2.88. The molecule has 1 aliphatic rings. The topological polar surface area (TPSA) is 67.6 Å². The Morgan fingerprint density at radius 1 is 1.50 bits per heavy atom. The third-order valence-electron chi connectivity index (χ3n) is 2.88. The summed E-state index contributed by atoms with van der Waals surface area (Å²) >= 11 is 0. The quantitative estimate of drug-likeness (QED) is 0.606. The van der Waals surface area contributed by atoms with Crippen molar-refractivity contribution in [1.82, 2.24) is 10.2 Å². The molecule has 1 fully saturated rings. The van der Waals surface area contributed by atoms with Crippen LogP contribution in [0.25, 0.3) is 0 Å². The lowest BCUT2D eigenvalue weighted by Gasteiger charge is -2.16. The first-order valence-electron chi connectivity index (χ1n) is 5.96. The maximum atomic E-state index is 10.4. The molecule has 0 radical (unpaired) electrons. The van der Waals surface area contributed by atoms with Gasteiger partial charge in [-0.2, -0.15) is 0 Å². The van der Waals surface area contributed by atoms with Crippen molar-refractivity contribution >= 4 is 5.91 Å². The lowest BCUT2D eigenvalue weighted by Crippen LogP contribution is -2.33. The lowest BCUT2D eigenvalue weighted by molar-refractivity contribution is -0.122. The molecule has 1 rings (SSSR count). The van der Waals surface area contributed by atoms with E-state index in [9.17, 15) is 4.79 Å². The van der Waals surface area contributed by atoms with Crippen molar-refractivity contribution < 1.29 is 9.53 Å². The van der Waals surface area contributed by atoms with Crippen molar-refractivity contribution in [3.63, 3.8) is 0 Å². The van der Waals surface area contributed by atoms with Crippen LogP contribution in [0.1, 0.15) is 19.3 Å². The predicted molar refractivity (Wildman–Crippen MR) is 63.2 cm³/mol. The smallest absolute Gasteiger partial charge is 0.243 e.